The first-order valence-electron chi connectivity index (χ1n) is 4.67. The number of nitrogens with zero attached hydrogens (tertiary/aromatic N) is 1. The van der Waals surface area contributed by atoms with Gasteiger partial charge in [0.05, 0.1) is 11.6 Å². The predicted octanol–water partition coefficient (Wildman–Crippen LogP) is 3.68. The molecule has 0 amide bonds. The maximum atomic E-state index is 11.0. The van der Waals surface area contributed by atoms with E-state index in [4.69, 9.17) is 33.2 Å². The van der Waals surface area contributed by atoms with Crippen molar-refractivity contribution in [1.82, 2.24) is 0 Å². The van der Waals surface area contributed by atoms with E-state index in [9.17, 15) is 4.79 Å². The first kappa shape index (κ1) is 13.6. The van der Waals surface area contributed by atoms with Crippen LogP contribution in [-0.2, 0) is 9.53 Å². The molecule has 0 bridgehead atoms. The third-order valence-corrected chi connectivity index (χ3v) is 2.66. The molecule has 1 rings (SSSR count). The highest BCUT2D eigenvalue weighted by Gasteiger charge is 2.23. The van der Waals surface area contributed by atoms with Gasteiger partial charge in [0.15, 0.2) is 6.10 Å². The summed E-state index contributed by atoms with van der Waals surface area (Å²) in [6, 6.07) is 6.70. The molecule has 0 heterocycles. The Balaban J connectivity index is 3.27. The average molecular weight is 270 g/mol. The van der Waals surface area contributed by atoms with Crippen LogP contribution in [0.1, 0.15) is 18.6 Å². The highest BCUT2D eigenvalue weighted by molar-refractivity contribution is 6.36. The maximum absolute atomic E-state index is 11.0. The quantitative estimate of drug-likeness (QED) is 0.621. The number of benzene rings is 1. The second-order valence-electron chi connectivity index (χ2n) is 3.26. The zero-order chi connectivity index (χ0) is 13.0. The fraction of sp³-hybridized carbons (Fsp3) is 0.167. The lowest BCUT2D eigenvalue weighted by Crippen LogP contribution is -2.11. The van der Waals surface area contributed by atoms with Gasteiger partial charge < -0.3 is 4.74 Å². The van der Waals surface area contributed by atoms with E-state index in [1.54, 1.807) is 18.2 Å². The predicted molar refractivity (Wildman–Crippen MR) is 65.7 cm³/mol. The van der Waals surface area contributed by atoms with E-state index in [0.717, 1.165) is 0 Å². The second-order valence-corrected chi connectivity index (χ2v) is 4.08. The number of nitriles is 1. The molecule has 1 atom stereocenters. The van der Waals surface area contributed by atoms with Gasteiger partial charge in [-0.2, -0.15) is 5.26 Å². The minimum atomic E-state index is -0.946. The molecular weight excluding hydrogens is 261 g/mol. The van der Waals surface area contributed by atoms with Gasteiger partial charge in [-0.3, -0.25) is 4.79 Å². The number of carbonyl (C=O) groups is 1. The van der Waals surface area contributed by atoms with Crippen LogP contribution in [0.25, 0.3) is 0 Å². The molecule has 0 aliphatic carbocycles. The highest BCUT2D eigenvalue weighted by Crippen LogP contribution is 2.35. The molecule has 0 fully saturated rings. The van der Waals surface area contributed by atoms with Crippen molar-refractivity contribution < 1.29 is 9.53 Å². The summed E-state index contributed by atoms with van der Waals surface area (Å²) in [5.74, 6) is -0.539. The van der Waals surface area contributed by atoms with Crippen molar-refractivity contribution >= 4 is 29.2 Å². The van der Waals surface area contributed by atoms with E-state index in [1.807, 2.05) is 6.07 Å². The molecule has 1 aromatic carbocycles. The maximum Gasteiger partial charge on any atom is 0.303 e. The van der Waals surface area contributed by atoms with E-state index in [-0.39, 0.29) is 5.57 Å². The highest BCUT2D eigenvalue weighted by atomic mass is 35.5. The molecular formula is C12H9Cl2NO2. The first-order valence-corrected chi connectivity index (χ1v) is 5.43. The van der Waals surface area contributed by atoms with Gasteiger partial charge in [-0.1, -0.05) is 35.8 Å². The lowest BCUT2D eigenvalue weighted by atomic mass is 10.0. The van der Waals surface area contributed by atoms with Crippen LogP contribution in [0, 0.1) is 11.3 Å². The van der Waals surface area contributed by atoms with Crippen LogP contribution < -0.4 is 0 Å². The molecule has 0 aliphatic rings. The summed E-state index contributed by atoms with van der Waals surface area (Å²) >= 11 is 12.0. The molecule has 0 saturated heterocycles. The molecule has 88 valence electrons. The molecule has 5 heteroatoms. The summed E-state index contributed by atoms with van der Waals surface area (Å²) in [6.45, 7) is 4.77. The smallest absolute Gasteiger partial charge is 0.303 e. The van der Waals surface area contributed by atoms with Gasteiger partial charge in [0.2, 0.25) is 0 Å². The molecule has 1 aromatic rings. The largest absolute Gasteiger partial charge is 0.452 e. The van der Waals surface area contributed by atoms with Crippen molar-refractivity contribution in [3.05, 3.63) is 46.0 Å². The number of carbonyl (C=O) groups excluding carboxylic acids is 1. The summed E-state index contributed by atoms with van der Waals surface area (Å²) in [5, 5.41) is 9.47. The molecule has 0 saturated carbocycles. The summed E-state index contributed by atoms with van der Waals surface area (Å²) in [5.41, 5.74) is 0.438. The van der Waals surface area contributed by atoms with Gasteiger partial charge >= 0.3 is 5.97 Å². The summed E-state index contributed by atoms with van der Waals surface area (Å²) in [6.07, 6.45) is -0.946. The molecule has 0 radical (unpaired) electrons. The zero-order valence-electron chi connectivity index (χ0n) is 9.04. The van der Waals surface area contributed by atoms with Crippen molar-refractivity contribution in [2.75, 3.05) is 0 Å². The second kappa shape index (κ2) is 5.72. The topological polar surface area (TPSA) is 50.1 Å². The minimum Gasteiger partial charge on any atom is -0.452 e. The minimum absolute atomic E-state index is 0.0650. The molecule has 0 aromatic heterocycles. The van der Waals surface area contributed by atoms with Gasteiger partial charge in [0, 0.05) is 22.5 Å². The number of hydrogen-bond acceptors (Lipinski definition) is 3. The molecule has 1 unspecified atom stereocenters. The Hall–Kier alpha value is -1.50. The summed E-state index contributed by atoms with van der Waals surface area (Å²) < 4.78 is 5.02. The van der Waals surface area contributed by atoms with Crippen molar-refractivity contribution in [2.45, 2.75) is 13.0 Å². The summed E-state index contributed by atoms with van der Waals surface area (Å²) in [7, 11) is 0. The lowest BCUT2D eigenvalue weighted by Gasteiger charge is -2.18. The Bertz CT molecular complexity index is 485. The van der Waals surface area contributed by atoms with Crippen molar-refractivity contribution in [3.63, 3.8) is 0 Å². The Morgan fingerprint density at radius 2 is 2.00 bits per heavy atom. The van der Waals surface area contributed by atoms with Crippen LogP contribution in [0.2, 0.25) is 10.0 Å². The van der Waals surface area contributed by atoms with Crippen LogP contribution in [0.5, 0.6) is 0 Å². The lowest BCUT2D eigenvalue weighted by molar-refractivity contribution is -0.144. The van der Waals surface area contributed by atoms with Crippen molar-refractivity contribution in [2.24, 2.45) is 0 Å². The van der Waals surface area contributed by atoms with Gasteiger partial charge in [-0.05, 0) is 12.1 Å². The number of rotatable bonds is 3. The van der Waals surface area contributed by atoms with Gasteiger partial charge in [0.1, 0.15) is 0 Å². The van der Waals surface area contributed by atoms with Gasteiger partial charge in [-0.15, -0.1) is 0 Å². The Morgan fingerprint density at radius 3 is 2.41 bits per heavy atom. The third kappa shape index (κ3) is 3.23. The van der Waals surface area contributed by atoms with Crippen molar-refractivity contribution in [1.29, 1.82) is 5.26 Å². The van der Waals surface area contributed by atoms with E-state index >= 15 is 0 Å². The Kier molecular flexibility index (Phi) is 4.56. The Morgan fingerprint density at radius 1 is 1.47 bits per heavy atom. The standard InChI is InChI=1S/C12H9Cl2NO2/c1-7(6-15)12(17-8(2)16)11-9(13)4-3-5-10(11)14/h3-5,12H,1H2,2H3. The monoisotopic (exact) mass is 269 g/mol. The average Bonchev–Trinajstić information content (AvgIpc) is 2.26. The van der Waals surface area contributed by atoms with Crippen LogP contribution in [0.3, 0.4) is 0 Å². The van der Waals surface area contributed by atoms with E-state index < -0.39 is 12.1 Å². The molecule has 0 N–H and O–H groups in total. The fourth-order valence-electron chi connectivity index (χ4n) is 1.29. The number of esters is 1. The fourth-order valence-corrected chi connectivity index (χ4v) is 1.89. The number of ether oxygens (including phenoxy) is 1. The van der Waals surface area contributed by atoms with Crippen LogP contribution in [-0.4, -0.2) is 5.97 Å². The summed E-state index contributed by atoms with van der Waals surface area (Å²) in [4.78, 5) is 11.0. The zero-order valence-corrected chi connectivity index (χ0v) is 10.5. The normalized spacial score (nSPS) is 11.4. The van der Waals surface area contributed by atoms with Crippen molar-refractivity contribution in [3.8, 4) is 6.07 Å². The Labute approximate surface area is 109 Å². The van der Waals surface area contributed by atoms with E-state index in [1.165, 1.54) is 6.92 Å². The van der Waals surface area contributed by atoms with Gasteiger partial charge in [-0.25, -0.2) is 0 Å². The van der Waals surface area contributed by atoms with Crippen LogP contribution in [0.4, 0.5) is 0 Å². The van der Waals surface area contributed by atoms with E-state index in [0.29, 0.717) is 15.6 Å². The number of halogens is 2. The molecule has 0 aliphatic heterocycles. The third-order valence-electron chi connectivity index (χ3n) is 2.01. The van der Waals surface area contributed by atoms with Gasteiger partial charge in [0.25, 0.3) is 0 Å². The molecule has 0 spiro atoms. The molecule has 3 nitrogen and oxygen atoms in total. The van der Waals surface area contributed by atoms with Crippen LogP contribution >= 0.6 is 23.2 Å². The first-order chi connectivity index (χ1) is 7.97. The van der Waals surface area contributed by atoms with Crippen LogP contribution in [0.15, 0.2) is 30.4 Å². The SMILES string of the molecule is C=C(C#N)C(OC(C)=O)c1c(Cl)cccc1Cl. The number of hydrogen-bond donors (Lipinski definition) is 0. The molecule has 17 heavy (non-hydrogen) atoms. The van der Waals surface area contributed by atoms with E-state index in [2.05, 4.69) is 6.58 Å².